The lowest BCUT2D eigenvalue weighted by Gasteiger charge is -2.72. The van der Waals surface area contributed by atoms with Crippen LogP contribution in [0.5, 0.6) is 0 Å². The first-order valence-corrected chi connectivity index (χ1v) is 17.6. The highest BCUT2D eigenvalue weighted by Gasteiger charge is 2.73. The van der Waals surface area contributed by atoms with Gasteiger partial charge in [-0.2, -0.15) is 5.26 Å². The molecule has 0 saturated heterocycles. The Hall–Kier alpha value is -3.07. The van der Waals surface area contributed by atoms with Crippen molar-refractivity contribution in [1.82, 2.24) is 4.90 Å². The largest absolute Gasteiger partial charge is 0.299 e. The highest BCUT2D eigenvalue weighted by Crippen LogP contribution is 2.76. The van der Waals surface area contributed by atoms with E-state index in [4.69, 9.17) is 0 Å². The van der Waals surface area contributed by atoms with Crippen molar-refractivity contribution in [3.8, 4) is 6.07 Å². The molecular formula is C40H50N2O4. The number of carbonyl (C=O) groups excluding carboxylic acids is 4. The third kappa shape index (κ3) is 3.69. The van der Waals surface area contributed by atoms with Crippen molar-refractivity contribution in [3.63, 3.8) is 0 Å². The van der Waals surface area contributed by atoms with E-state index < -0.39 is 10.8 Å². The average Bonchev–Trinajstić information content (AvgIpc) is 3.25. The lowest BCUT2D eigenvalue weighted by atomic mass is 9.31. The summed E-state index contributed by atoms with van der Waals surface area (Å²) in [5.74, 6) is -0.195. The van der Waals surface area contributed by atoms with Crippen molar-refractivity contribution < 1.29 is 19.2 Å². The molecule has 2 amide bonds. The fourth-order valence-corrected chi connectivity index (χ4v) is 12.9. The van der Waals surface area contributed by atoms with Crippen LogP contribution in [0, 0.1) is 67.5 Å². The summed E-state index contributed by atoms with van der Waals surface area (Å²) in [7, 11) is 0. The van der Waals surface area contributed by atoms with E-state index >= 15 is 0 Å². The second kappa shape index (κ2) is 9.51. The summed E-state index contributed by atoms with van der Waals surface area (Å²) in [6.07, 6.45) is 8.76. The quantitative estimate of drug-likeness (QED) is 0.312. The number of nitrogens with zero attached hydrogens (tertiary/aromatic N) is 2. The zero-order valence-corrected chi connectivity index (χ0v) is 29.0. The van der Waals surface area contributed by atoms with Crippen molar-refractivity contribution in [2.24, 2.45) is 56.2 Å². The molecule has 5 aliphatic carbocycles. The molecule has 6 heteroatoms. The van der Waals surface area contributed by atoms with Gasteiger partial charge in [-0.05, 0) is 109 Å². The van der Waals surface area contributed by atoms with Crippen LogP contribution in [0.2, 0.25) is 0 Å². The fourth-order valence-electron chi connectivity index (χ4n) is 12.9. The summed E-state index contributed by atoms with van der Waals surface area (Å²) in [6, 6.07) is 9.06. The lowest BCUT2D eigenvalue weighted by Crippen LogP contribution is -2.70. The molecule has 0 bridgehead atoms. The van der Waals surface area contributed by atoms with E-state index in [0.717, 1.165) is 44.9 Å². The standard InChI is InChI=1S/C40H50N2O4/c1-23(42-33(45)25-11-9-10-12-26(25)34(42)46)40-17-15-35(2,3)21-27(40)31-28(43)19-30-37(6)20-24(22-41)32(44)36(4,5)29(37)13-14-38(30,7)39(31,8)16-18-40/h9-12,20,23,27,29-31H,13-19,21H2,1-8H3/t23-,27?,29-,30+,31?,37-,38+,39+,40?/m0/s1. The maximum absolute atomic E-state index is 15.0. The number of Topliss-reactive ketones (excluding diaryl/α,β-unsaturated/α-hetero) is 2. The predicted molar refractivity (Wildman–Crippen MR) is 175 cm³/mol. The molecule has 4 fully saturated rings. The Morgan fingerprint density at radius 3 is 2.04 bits per heavy atom. The van der Waals surface area contributed by atoms with Gasteiger partial charge in [0.1, 0.15) is 11.9 Å². The van der Waals surface area contributed by atoms with E-state index in [1.807, 2.05) is 32.1 Å². The van der Waals surface area contributed by atoms with Crippen molar-refractivity contribution in [1.29, 1.82) is 5.26 Å². The summed E-state index contributed by atoms with van der Waals surface area (Å²) >= 11 is 0. The van der Waals surface area contributed by atoms with Crippen molar-refractivity contribution in [2.45, 2.75) is 113 Å². The lowest BCUT2D eigenvalue weighted by molar-refractivity contribution is -0.227. The number of fused-ring (bicyclic) bond motifs is 8. The van der Waals surface area contributed by atoms with Gasteiger partial charge < -0.3 is 0 Å². The number of hydrogen-bond acceptors (Lipinski definition) is 5. The van der Waals surface area contributed by atoms with E-state index in [0.29, 0.717) is 23.3 Å². The predicted octanol–water partition coefficient (Wildman–Crippen LogP) is 7.97. The molecule has 0 radical (unpaired) electrons. The number of nitriles is 1. The highest BCUT2D eigenvalue weighted by atomic mass is 16.2. The molecule has 1 aliphatic heterocycles. The Morgan fingerprint density at radius 2 is 1.43 bits per heavy atom. The highest BCUT2D eigenvalue weighted by molar-refractivity contribution is 6.21. The summed E-state index contributed by atoms with van der Waals surface area (Å²) in [6.45, 7) is 17.7. The maximum Gasteiger partial charge on any atom is 0.261 e. The van der Waals surface area contributed by atoms with Crippen molar-refractivity contribution in [3.05, 3.63) is 47.0 Å². The number of imide groups is 1. The van der Waals surface area contributed by atoms with Gasteiger partial charge in [0.15, 0.2) is 5.78 Å². The summed E-state index contributed by atoms with van der Waals surface area (Å²) in [5, 5.41) is 10.0. The molecule has 46 heavy (non-hydrogen) atoms. The molecule has 0 aromatic heterocycles. The second-order valence-electron chi connectivity index (χ2n) is 18.1. The molecule has 1 aromatic carbocycles. The van der Waals surface area contributed by atoms with Gasteiger partial charge in [-0.1, -0.05) is 66.7 Å². The molecule has 1 aromatic rings. The molecular weight excluding hydrogens is 572 g/mol. The van der Waals surface area contributed by atoms with Crippen LogP contribution < -0.4 is 0 Å². The topological polar surface area (TPSA) is 95.3 Å². The molecule has 3 unspecified atom stereocenters. The van der Waals surface area contributed by atoms with Crippen LogP contribution in [0.25, 0.3) is 0 Å². The minimum absolute atomic E-state index is 0.0287. The summed E-state index contributed by atoms with van der Waals surface area (Å²) < 4.78 is 0. The van der Waals surface area contributed by atoms with Crippen LogP contribution >= 0.6 is 0 Å². The first-order chi connectivity index (χ1) is 21.4. The molecule has 4 saturated carbocycles. The van der Waals surface area contributed by atoms with Crippen LogP contribution in [-0.2, 0) is 9.59 Å². The minimum atomic E-state index is -0.659. The van der Waals surface area contributed by atoms with Gasteiger partial charge in [0.2, 0.25) is 0 Å². The van der Waals surface area contributed by atoms with Crippen LogP contribution in [0.3, 0.4) is 0 Å². The van der Waals surface area contributed by atoms with Crippen molar-refractivity contribution >= 4 is 23.4 Å². The van der Waals surface area contributed by atoms with E-state index in [-0.39, 0.29) is 74.5 Å². The first kappa shape index (κ1) is 31.5. The van der Waals surface area contributed by atoms with Gasteiger partial charge in [0.25, 0.3) is 11.8 Å². The Labute approximate surface area is 274 Å². The molecule has 7 rings (SSSR count). The minimum Gasteiger partial charge on any atom is -0.299 e. The Morgan fingerprint density at radius 1 is 0.826 bits per heavy atom. The van der Waals surface area contributed by atoms with Crippen LogP contribution in [-0.4, -0.2) is 34.3 Å². The Kier molecular flexibility index (Phi) is 6.52. The number of carbonyl (C=O) groups is 4. The molecule has 6 nitrogen and oxygen atoms in total. The van der Waals surface area contributed by atoms with Gasteiger partial charge >= 0.3 is 0 Å². The Bertz CT molecular complexity index is 1630. The smallest absolute Gasteiger partial charge is 0.261 e. The van der Waals surface area contributed by atoms with Gasteiger partial charge in [0.05, 0.1) is 16.7 Å². The monoisotopic (exact) mass is 622 g/mol. The van der Waals surface area contributed by atoms with E-state index in [1.54, 1.807) is 12.1 Å². The number of hydrogen-bond donors (Lipinski definition) is 0. The van der Waals surface area contributed by atoms with E-state index in [1.165, 1.54) is 4.90 Å². The van der Waals surface area contributed by atoms with E-state index in [9.17, 15) is 24.4 Å². The normalized spacial score (nSPS) is 42.9. The van der Waals surface area contributed by atoms with Crippen LogP contribution in [0.4, 0.5) is 0 Å². The van der Waals surface area contributed by atoms with Gasteiger partial charge in [-0.15, -0.1) is 0 Å². The SMILES string of the molecule is C[C@H](N1C(=O)c2ccccc2C1=O)C12CCC(C)(C)CC1C1C(=O)C[C@@H]3[C@@]4(C)C=C(C#N)C(=O)C(C)(C)[C@@H]4CC[C@@]3(C)[C@]1(C)CC2. The van der Waals surface area contributed by atoms with Crippen LogP contribution in [0.1, 0.15) is 127 Å². The van der Waals surface area contributed by atoms with Crippen molar-refractivity contribution in [2.75, 3.05) is 0 Å². The van der Waals surface area contributed by atoms with Gasteiger partial charge in [-0.3, -0.25) is 24.1 Å². The number of benzene rings is 1. The maximum atomic E-state index is 15.0. The summed E-state index contributed by atoms with van der Waals surface area (Å²) in [4.78, 5) is 57.6. The van der Waals surface area contributed by atoms with E-state index in [2.05, 4.69) is 47.6 Å². The third-order valence-corrected chi connectivity index (χ3v) is 15.6. The Balaban J connectivity index is 1.32. The molecule has 1 heterocycles. The molecule has 6 aliphatic rings. The molecule has 0 N–H and O–H groups in total. The number of amides is 2. The molecule has 0 spiro atoms. The number of rotatable bonds is 2. The van der Waals surface area contributed by atoms with Gasteiger partial charge in [-0.25, -0.2) is 0 Å². The number of ketones is 2. The number of allylic oxidation sites excluding steroid dienone is 2. The first-order valence-electron chi connectivity index (χ1n) is 17.6. The zero-order valence-electron chi connectivity index (χ0n) is 29.0. The van der Waals surface area contributed by atoms with Crippen LogP contribution in [0.15, 0.2) is 35.9 Å². The third-order valence-electron chi connectivity index (χ3n) is 15.6. The zero-order chi connectivity index (χ0) is 33.4. The second-order valence-corrected chi connectivity index (χ2v) is 18.1. The summed E-state index contributed by atoms with van der Waals surface area (Å²) in [5.41, 5.74) is -0.616. The van der Waals surface area contributed by atoms with Gasteiger partial charge in [0, 0.05) is 23.8 Å². The molecule has 9 atom stereocenters. The molecule has 244 valence electrons. The fraction of sp³-hybridized carbons (Fsp3) is 0.675. The average molecular weight is 623 g/mol.